The first-order valence-corrected chi connectivity index (χ1v) is 10.5. The van der Waals surface area contributed by atoms with Crippen molar-refractivity contribution >= 4 is 27.3 Å². The summed E-state index contributed by atoms with van der Waals surface area (Å²) in [5.74, 6) is 1.54. The Labute approximate surface area is 187 Å². The van der Waals surface area contributed by atoms with E-state index in [4.69, 9.17) is 14.6 Å². The number of rotatable bonds is 4. The minimum Gasteiger partial charge on any atom is -0.497 e. The maximum atomic E-state index is 11.3. The Kier molecular flexibility index (Phi) is 4.86. The van der Waals surface area contributed by atoms with Gasteiger partial charge in [-0.2, -0.15) is 5.10 Å². The third kappa shape index (κ3) is 3.53. The summed E-state index contributed by atoms with van der Waals surface area (Å²) >= 11 is 3.55. The highest BCUT2D eigenvalue weighted by molar-refractivity contribution is 9.10. The zero-order chi connectivity index (χ0) is 21.5. The van der Waals surface area contributed by atoms with E-state index in [2.05, 4.69) is 15.9 Å². The molecule has 2 aliphatic heterocycles. The van der Waals surface area contributed by atoms with Crippen molar-refractivity contribution in [3.05, 3.63) is 98.0 Å². The number of fused-ring (bicyclic) bond motifs is 3. The largest absolute Gasteiger partial charge is 0.497 e. The number of hydrazone groups is 1. The van der Waals surface area contributed by atoms with Gasteiger partial charge in [-0.15, -0.1) is 0 Å². The molecule has 0 saturated heterocycles. The normalized spacial score (nSPS) is 19.2. The van der Waals surface area contributed by atoms with Gasteiger partial charge in [-0.05, 0) is 48.0 Å². The number of ether oxygens (including phenoxy) is 2. The van der Waals surface area contributed by atoms with Crippen LogP contribution in [-0.4, -0.2) is 22.8 Å². The highest BCUT2D eigenvalue weighted by Crippen LogP contribution is 2.48. The number of hydrogen-bond donors (Lipinski definition) is 0. The molecule has 2 aliphatic rings. The van der Waals surface area contributed by atoms with Gasteiger partial charge in [0.2, 0.25) is 6.23 Å². The predicted octanol–water partition coefficient (Wildman–Crippen LogP) is 5.61. The molecule has 0 radical (unpaired) electrons. The lowest BCUT2D eigenvalue weighted by Gasteiger charge is -2.38. The van der Waals surface area contributed by atoms with Gasteiger partial charge in [0.25, 0.3) is 5.69 Å². The smallest absolute Gasteiger partial charge is 0.269 e. The number of nitro groups is 1. The Morgan fingerprint density at radius 3 is 2.71 bits per heavy atom. The topological polar surface area (TPSA) is 77.2 Å². The molecule has 0 aliphatic carbocycles. The first-order valence-electron chi connectivity index (χ1n) is 9.74. The minimum absolute atomic E-state index is 0.0257. The average molecular weight is 480 g/mol. The van der Waals surface area contributed by atoms with Crippen molar-refractivity contribution in [3.63, 3.8) is 0 Å². The zero-order valence-electron chi connectivity index (χ0n) is 16.6. The molecule has 0 unspecified atom stereocenters. The summed E-state index contributed by atoms with van der Waals surface area (Å²) in [7, 11) is 1.64. The Morgan fingerprint density at radius 2 is 1.97 bits per heavy atom. The van der Waals surface area contributed by atoms with E-state index >= 15 is 0 Å². The van der Waals surface area contributed by atoms with Crippen LogP contribution in [0.2, 0.25) is 0 Å². The monoisotopic (exact) mass is 479 g/mol. The number of hydrogen-bond acceptors (Lipinski definition) is 6. The summed E-state index contributed by atoms with van der Waals surface area (Å²) in [6.07, 6.45) is 0.138. The van der Waals surface area contributed by atoms with Crippen LogP contribution in [0.1, 0.15) is 35.4 Å². The highest BCUT2D eigenvalue weighted by Gasteiger charge is 2.41. The predicted molar refractivity (Wildman–Crippen MR) is 119 cm³/mol. The number of nitro benzene ring substituents is 1. The van der Waals surface area contributed by atoms with E-state index in [-0.39, 0.29) is 11.7 Å². The van der Waals surface area contributed by atoms with Crippen molar-refractivity contribution in [1.29, 1.82) is 0 Å². The Bertz CT molecular complexity index is 1200. The van der Waals surface area contributed by atoms with Crippen LogP contribution >= 0.6 is 15.9 Å². The molecule has 2 heterocycles. The van der Waals surface area contributed by atoms with Crippen molar-refractivity contribution in [2.45, 2.75) is 18.7 Å². The summed E-state index contributed by atoms with van der Waals surface area (Å²) in [6, 6.07) is 20.2. The maximum absolute atomic E-state index is 11.3. The van der Waals surface area contributed by atoms with Crippen molar-refractivity contribution in [3.8, 4) is 11.5 Å². The molecule has 31 heavy (non-hydrogen) atoms. The molecule has 2 atom stereocenters. The van der Waals surface area contributed by atoms with Crippen LogP contribution in [-0.2, 0) is 0 Å². The van der Waals surface area contributed by atoms with Gasteiger partial charge in [0.1, 0.15) is 11.5 Å². The first-order chi connectivity index (χ1) is 15.0. The second kappa shape index (κ2) is 7.70. The number of halogens is 1. The third-order valence-corrected chi connectivity index (χ3v) is 6.03. The first kappa shape index (κ1) is 19.6. The van der Waals surface area contributed by atoms with Crippen LogP contribution in [0.15, 0.2) is 76.3 Å². The minimum atomic E-state index is -0.561. The molecule has 0 bridgehead atoms. The standard InChI is InChI=1S/C23H18BrN3O4/c1-30-18-8-5-14(6-9-18)20-13-21-19-12-16(24)7-10-22(19)31-23(26(21)25-20)15-3-2-4-17(11-15)27(28)29/h2-12,21,23H,13H2,1H3/t21-,23+/m1/s1. The van der Waals surface area contributed by atoms with Gasteiger partial charge in [0, 0.05) is 34.2 Å². The van der Waals surface area contributed by atoms with E-state index in [0.29, 0.717) is 12.0 Å². The number of non-ortho nitro benzene ring substituents is 1. The van der Waals surface area contributed by atoms with Gasteiger partial charge < -0.3 is 9.47 Å². The van der Waals surface area contributed by atoms with Crippen LogP contribution in [0.4, 0.5) is 5.69 Å². The third-order valence-electron chi connectivity index (χ3n) is 5.54. The van der Waals surface area contributed by atoms with E-state index < -0.39 is 11.2 Å². The Morgan fingerprint density at radius 1 is 1.16 bits per heavy atom. The number of nitrogens with zero attached hydrogens (tertiary/aromatic N) is 3. The molecule has 0 spiro atoms. The SMILES string of the molecule is COc1ccc(C2=NN3[C@H](C2)c2cc(Br)ccc2O[C@H]3c2cccc([N+](=O)[O-])c2)cc1. The van der Waals surface area contributed by atoms with Gasteiger partial charge in [-0.25, -0.2) is 5.01 Å². The van der Waals surface area contributed by atoms with Crippen LogP contribution < -0.4 is 9.47 Å². The number of methoxy groups -OCH3 is 1. The van der Waals surface area contributed by atoms with Crippen LogP contribution in [0.25, 0.3) is 0 Å². The molecule has 3 aromatic carbocycles. The molecule has 7 nitrogen and oxygen atoms in total. The molecule has 8 heteroatoms. The van der Waals surface area contributed by atoms with Crippen LogP contribution in [0, 0.1) is 10.1 Å². The fourth-order valence-electron chi connectivity index (χ4n) is 4.03. The Hall–Kier alpha value is -3.39. The lowest BCUT2D eigenvalue weighted by atomic mass is 9.96. The quantitative estimate of drug-likeness (QED) is 0.359. The second-order valence-corrected chi connectivity index (χ2v) is 8.30. The summed E-state index contributed by atoms with van der Waals surface area (Å²) < 4.78 is 12.5. The summed E-state index contributed by atoms with van der Waals surface area (Å²) in [5, 5.41) is 18.1. The van der Waals surface area contributed by atoms with E-state index in [1.54, 1.807) is 19.2 Å². The van der Waals surface area contributed by atoms with Crippen LogP contribution in [0.3, 0.4) is 0 Å². The lowest BCUT2D eigenvalue weighted by molar-refractivity contribution is -0.385. The van der Waals surface area contributed by atoms with Crippen LogP contribution in [0.5, 0.6) is 11.5 Å². The fraction of sp³-hybridized carbons (Fsp3) is 0.174. The summed E-state index contributed by atoms with van der Waals surface area (Å²) in [6.45, 7) is 0. The molecule has 0 aromatic heterocycles. The molecule has 0 fully saturated rings. The molecule has 0 N–H and O–H groups in total. The van der Waals surface area contributed by atoms with Gasteiger partial charge in [0.15, 0.2) is 0 Å². The second-order valence-electron chi connectivity index (χ2n) is 7.38. The van der Waals surface area contributed by atoms with Crippen molar-refractivity contribution in [1.82, 2.24) is 5.01 Å². The highest BCUT2D eigenvalue weighted by atomic mass is 79.9. The van der Waals surface area contributed by atoms with Crippen molar-refractivity contribution in [2.24, 2.45) is 5.10 Å². The van der Waals surface area contributed by atoms with Gasteiger partial charge in [0.05, 0.1) is 23.8 Å². The lowest BCUT2D eigenvalue weighted by Crippen LogP contribution is -2.33. The summed E-state index contributed by atoms with van der Waals surface area (Å²) in [5.41, 5.74) is 3.68. The summed E-state index contributed by atoms with van der Waals surface area (Å²) in [4.78, 5) is 10.9. The molecular formula is C23H18BrN3O4. The fourth-order valence-corrected chi connectivity index (χ4v) is 4.41. The number of benzene rings is 3. The maximum Gasteiger partial charge on any atom is 0.269 e. The molecule has 3 aromatic rings. The van der Waals surface area contributed by atoms with Crippen molar-refractivity contribution < 1.29 is 14.4 Å². The van der Waals surface area contributed by atoms with Crippen molar-refractivity contribution in [2.75, 3.05) is 7.11 Å². The van der Waals surface area contributed by atoms with E-state index in [1.165, 1.54) is 6.07 Å². The zero-order valence-corrected chi connectivity index (χ0v) is 18.2. The van der Waals surface area contributed by atoms with Gasteiger partial charge in [-0.1, -0.05) is 28.1 Å². The average Bonchev–Trinajstić information content (AvgIpc) is 3.24. The van der Waals surface area contributed by atoms with E-state index in [9.17, 15) is 10.1 Å². The molecule has 5 rings (SSSR count). The Balaban J connectivity index is 1.58. The van der Waals surface area contributed by atoms with E-state index in [0.717, 1.165) is 32.8 Å². The molecule has 0 saturated carbocycles. The van der Waals surface area contributed by atoms with Gasteiger partial charge in [-0.3, -0.25) is 10.1 Å². The molecule has 156 valence electrons. The molecular weight excluding hydrogens is 462 g/mol. The van der Waals surface area contributed by atoms with Gasteiger partial charge >= 0.3 is 0 Å². The molecule has 0 amide bonds. The van der Waals surface area contributed by atoms with E-state index in [1.807, 2.05) is 53.5 Å².